The summed E-state index contributed by atoms with van der Waals surface area (Å²) >= 11 is 0. The highest BCUT2D eigenvalue weighted by atomic mass is 16.5. The average molecular weight is 268 g/mol. The summed E-state index contributed by atoms with van der Waals surface area (Å²) in [6, 6.07) is 6.15. The van der Waals surface area contributed by atoms with Crippen LogP contribution in [0.1, 0.15) is 10.4 Å². The van der Waals surface area contributed by atoms with Gasteiger partial charge in [-0.25, -0.2) is 9.59 Å². The quantitative estimate of drug-likeness (QED) is 0.590. The number of nitrogens with two attached hydrogens (primary N) is 1. The lowest BCUT2D eigenvalue weighted by Gasteiger charge is -2.07. The maximum Gasteiger partial charge on any atom is 0.404 e. The van der Waals surface area contributed by atoms with E-state index in [-0.39, 0.29) is 12.2 Å². The second-order valence-corrected chi connectivity index (χ2v) is 3.60. The molecule has 19 heavy (non-hydrogen) atoms. The number of nitrogens with one attached hydrogen (secondary N) is 1. The summed E-state index contributed by atoms with van der Waals surface area (Å²) in [5, 5.41) is 11.7. The first-order valence-corrected chi connectivity index (χ1v) is 5.68. The molecule has 0 atom stereocenters. The van der Waals surface area contributed by atoms with E-state index in [2.05, 4.69) is 10.1 Å². The van der Waals surface area contributed by atoms with Crippen LogP contribution in [0.5, 0.6) is 5.75 Å². The van der Waals surface area contributed by atoms with Crippen molar-refractivity contribution in [1.82, 2.24) is 5.32 Å². The SMILES string of the molecule is NC(=O)OCCNCCOc1ccc(C(=O)O)cc1. The van der Waals surface area contributed by atoms with Crippen LogP contribution < -0.4 is 15.8 Å². The first-order valence-electron chi connectivity index (χ1n) is 5.68. The van der Waals surface area contributed by atoms with Gasteiger partial charge < -0.3 is 25.6 Å². The van der Waals surface area contributed by atoms with Gasteiger partial charge in [-0.1, -0.05) is 0 Å². The lowest BCUT2D eigenvalue weighted by molar-refractivity contribution is 0.0696. The Morgan fingerprint density at radius 3 is 2.37 bits per heavy atom. The highest BCUT2D eigenvalue weighted by Gasteiger charge is 2.01. The molecule has 1 aromatic rings. The Morgan fingerprint density at radius 2 is 1.79 bits per heavy atom. The molecule has 0 fully saturated rings. The zero-order valence-corrected chi connectivity index (χ0v) is 10.3. The molecule has 7 heteroatoms. The molecule has 104 valence electrons. The summed E-state index contributed by atoms with van der Waals surface area (Å²) in [4.78, 5) is 20.9. The lowest BCUT2D eigenvalue weighted by atomic mass is 10.2. The van der Waals surface area contributed by atoms with Crippen molar-refractivity contribution in [3.63, 3.8) is 0 Å². The number of hydrogen-bond acceptors (Lipinski definition) is 5. The van der Waals surface area contributed by atoms with Gasteiger partial charge in [0.25, 0.3) is 0 Å². The largest absolute Gasteiger partial charge is 0.492 e. The van der Waals surface area contributed by atoms with Crippen molar-refractivity contribution in [2.45, 2.75) is 0 Å². The van der Waals surface area contributed by atoms with Crippen molar-refractivity contribution in [3.05, 3.63) is 29.8 Å². The zero-order chi connectivity index (χ0) is 14.1. The van der Waals surface area contributed by atoms with Gasteiger partial charge in [-0.3, -0.25) is 0 Å². The summed E-state index contributed by atoms with van der Waals surface area (Å²) in [6.45, 7) is 1.69. The van der Waals surface area contributed by atoms with E-state index in [1.54, 1.807) is 12.1 Å². The van der Waals surface area contributed by atoms with Crippen LogP contribution >= 0.6 is 0 Å². The van der Waals surface area contributed by atoms with Gasteiger partial charge in [0.15, 0.2) is 0 Å². The molecule has 0 unspecified atom stereocenters. The van der Waals surface area contributed by atoms with Crippen molar-refractivity contribution in [3.8, 4) is 5.75 Å². The van der Waals surface area contributed by atoms with E-state index >= 15 is 0 Å². The Kier molecular flexibility index (Phi) is 6.17. The monoisotopic (exact) mass is 268 g/mol. The molecule has 1 amide bonds. The molecular weight excluding hydrogens is 252 g/mol. The summed E-state index contributed by atoms with van der Waals surface area (Å²) in [6.07, 6.45) is -0.795. The minimum Gasteiger partial charge on any atom is -0.492 e. The smallest absolute Gasteiger partial charge is 0.404 e. The van der Waals surface area contributed by atoms with Crippen molar-refractivity contribution < 1.29 is 24.2 Å². The minimum atomic E-state index is -0.970. The molecular formula is C12H16N2O5. The molecule has 0 bridgehead atoms. The highest BCUT2D eigenvalue weighted by Crippen LogP contribution is 2.11. The van der Waals surface area contributed by atoms with Gasteiger partial charge >= 0.3 is 12.1 Å². The van der Waals surface area contributed by atoms with E-state index in [0.29, 0.717) is 25.4 Å². The summed E-state index contributed by atoms with van der Waals surface area (Å²) < 4.78 is 9.90. The van der Waals surface area contributed by atoms with E-state index in [9.17, 15) is 9.59 Å². The summed E-state index contributed by atoms with van der Waals surface area (Å²) in [5.74, 6) is -0.372. The fourth-order valence-electron chi connectivity index (χ4n) is 1.28. The highest BCUT2D eigenvalue weighted by molar-refractivity contribution is 5.87. The van der Waals surface area contributed by atoms with Crippen LogP contribution in [0.2, 0.25) is 0 Å². The van der Waals surface area contributed by atoms with E-state index in [1.165, 1.54) is 12.1 Å². The third kappa shape index (κ3) is 6.27. The topological polar surface area (TPSA) is 111 Å². The fourth-order valence-corrected chi connectivity index (χ4v) is 1.28. The Labute approximate surface area is 110 Å². The lowest BCUT2D eigenvalue weighted by Crippen LogP contribution is -2.27. The first-order chi connectivity index (χ1) is 9.09. The number of benzene rings is 1. The molecule has 4 N–H and O–H groups in total. The van der Waals surface area contributed by atoms with Crippen LogP contribution in [-0.4, -0.2) is 43.5 Å². The van der Waals surface area contributed by atoms with Gasteiger partial charge in [0.05, 0.1) is 5.56 Å². The van der Waals surface area contributed by atoms with Gasteiger partial charge in [-0.15, -0.1) is 0 Å². The Balaban J connectivity index is 2.12. The van der Waals surface area contributed by atoms with Crippen LogP contribution in [0, 0.1) is 0 Å². The van der Waals surface area contributed by atoms with Crippen molar-refractivity contribution in [2.24, 2.45) is 5.73 Å². The molecule has 0 aromatic heterocycles. The van der Waals surface area contributed by atoms with Gasteiger partial charge in [0.2, 0.25) is 0 Å². The number of carbonyl (C=O) groups excluding carboxylic acids is 1. The molecule has 0 radical (unpaired) electrons. The Bertz CT molecular complexity index is 419. The van der Waals surface area contributed by atoms with E-state index < -0.39 is 12.1 Å². The number of aromatic carboxylic acids is 1. The third-order valence-corrected chi connectivity index (χ3v) is 2.17. The molecule has 0 aliphatic rings. The number of carbonyl (C=O) groups is 2. The van der Waals surface area contributed by atoms with Crippen LogP contribution in [0.4, 0.5) is 4.79 Å². The summed E-state index contributed by atoms with van der Waals surface area (Å²) in [7, 11) is 0. The molecule has 1 rings (SSSR count). The minimum absolute atomic E-state index is 0.211. The zero-order valence-electron chi connectivity index (χ0n) is 10.3. The van der Waals surface area contributed by atoms with Crippen LogP contribution in [0.25, 0.3) is 0 Å². The standard InChI is InChI=1S/C12H16N2O5/c13-12(17)19-8-6-14-5-7-18-10-3-1-9(2-4-10)11(15)16/h1-4,14H,5-8H2,(H2,13,17)(H,15,16). The number of primary amides is 1. The fraction of sp³-hybridized carbons (Fsp3) is 0.333. The van der Waals surface area contributed by atoms with E-state index in [4.69, 9.17) is 15.6 Å². The molecule has 0 aliphatic heterocycles. The van der Waals surface area contributed by atoms with Crippen LogP contribution in [-0.2, 0) is 4.74 Å². The number of amides is 1. The predicted octanol–water partition coefficient (Wildman–Crippen LogP) is 0.448. The maximum atomic E-state index is 10.6. The van der Waals surface area contributed by atoms with E-state index in [1.807, 2.05) is 0 Å². The van der Waals surface area contributed by atoms with Crippen molar-refractivity contribution >= 4 is 12.1 Å². The van der Waals surface area contributed by atoms with Gasteiger partial charge in [0, 0.05) is 13.1 Å². The van der Waals surface area contributed by atoms with Gasteiger partial charge in [0.1, 0.15) is 19.0 Å². The van der Waals surface area contributed by atoms with Gasteiger partial charge in [-0.2, -0.15) is 0 Å². The Morgan fingerprint density at radius 1 is 1.16 bits per heavy atom. The van der Waals surface area contributed by atoms with Crippen LogP contribution in [0.15, 0.2) is 24.3 Å². The molecule has 7 nitrogen and oxygen atoms in total. The second-order valence-electron chi connectivity index (χ2n) is 3.60. The molecule has 0 heterocycles. The van der Waals surface area contributed by atoms with Crippen molar-refractivity contribution in [1.29, 1.82) is 0 Å². The Hall–Kier alpha value is -2.28. The number of ether oxygens (including phenoxy) is 2. The van der Waals surface area contributed by atoms with Crippen molar-refractivity contribution in [2.75, 3.05) is 26.3 Å². The average Bonchev–Trinajstić information content (AvgIpc) is 2.38. The number of hydrogen-bond donors (Lipinski definition) is 3. The van der Waals surface area contributed by atoms with E-state index in [0.717, 1.165) is 0 Å². The molecule has 0 aliphatic carbocycles. The molecule has 0 spiro atoms. The first kappa shape index (κ1) is 14.8. The number of carboxylic acid groups (broad SMARTS) is 1. The normalized spacial score (nSPS) is 9.89. The van der Waals surface area contributed by atoms with Gasteiger partial charge in [-0.05, 0) is 24.3 Å². The predicted molar refractivity (Wildman–Crippen MR) is 67.3 cm³/mol. The second kappa shape index (κ2) is 7.93. The third-order valence-electron chi connectivity index (χ3n) is 2.17. The van der Waals surface area contributed by atoms with Crippen LogP contribution in [0.3, 0.4) is 0 Å². The number of rotatable bonds is 8. The molecule has 1 aromatic carbocycles. The maximum absolute atomic E-state index is 10.6. The molecule has 0 saturated carbocycles. The summed E-state index contributed by atoms with van der Waals surface area (Å²) in [5.41, 5.74) is 5.00. The number of carboxylic acids is 1. The molecule has 0 saturated heterocycles.